The van der Waals surface area contributed by atoms with Gasteiger partial charge in [0.1, 0.15) is 16.7 Å². The van der Waals surface area contributed by atoms with Crippen molar-refractivity contribution in [2.75, 3.05) is 13.7 Å². The first-order chi connectivity index (χ1) is 15.6. The summed E-state index contributed by atoms with van der Waals surface area (Å²) < 4.78 is 8.39. The molecule has 8 heteroatoms. The van der Waals surface area contributed by atoms with Crippen molar-refractivity contribution in [2.24, 2.45) is 5.10 Å². The molecular weight excluding hydrogens is 404 g/mol. The molecule has 8 nitrogen and oxygen atoms in total. The lowest BCUT2D eigenvalue weighted by atomic mass is 10.2. The van der Waals surface area contributed by atoms with Crippen LogP contribution in [-0.2, 0) is 11.3 Å². The summed E-state index contributed by atoms with van der Waals surface area (Å²) in [5.74, 6) is 0.582. The van der Waals surface area contributed by atoms with Crippen LogP contribution < -0.4 is 5.56 Å². The Kier molecular flexibility index (Phi) is 4.99. The van der Waals surface area contributed by atoms with Crippen LogP contribution in [0.4, 0.5) is 0 Å². The Morgan fingerprint density at radius 3 is 2.53 bits per heavy atom. The molecule has 2 aromatic carbocycles. The Balaban J connectivity index is 1.84. The third-order valence-electron chi connectivity index (χ3n) is 5.41. The molecule has 3 heterocycles. The molecule has 0 spiro atoms. The Morgan fingerprint density at radius 2 is 1.78 bits per heavy atom. The summed E-state index contributed by atoms with van der Waals surface area (Å²) in [6.45, 7) is 4.65. The van der Waals surface area contributed by atoms with Crippen molar-refractivity contribution in [1.82, 2.24) is 24.2 Å². The van der Waals surface area contributed by atoms with Gasteiger partial charge in [0.2, 0.25) is 0 Å². The molecule has 0 fully saturated rings. The van der Waals surface area contributed by atoms with Gasteiger partial charge < -0.3 is 4.74 Å². The first-order valence-electron chi connectivity index (χ1n) is 10.3. The molecule has 3 aromatic heterocycles. The van der Waals surface area contributed by atoms with Gasteiger partial charge in [-0.3, -0.25) is 9.36 Å². The lowest BCUT2D eigenvalue weighted by Gasteiger charge is -2.08. The molecule has 160 valence electrons. The molecule has 32 heavy (non-hydrogen) atoms. The Labute approximate surface area is 183 Å². The van der Waals surface area contributed by atoms with Gasteiger partial charge >= 0.3 is 0 Å². The van der Waals surface area contributed by atoms with E-state index in [4.69, 9.17) is 19.7 Å². The highest BCUT2D eigenvalue weighted by Gasteiger charge is 2.21. The average molecular weight is 426 g/mol. The molecule has 5 rings (SSSR count). The van der Waals surface area contributed by atoms with E-state index in [-0.39, 0.29) is 5.56 Å². The van der Waals surface area contributed by atoms with E-state index in [0.29, 0.717) is 46.7 Å². The van der Waals surface area contributed by atoms with E-state index in [1.807, 2.05) is 55.5 Å². The topological polar surface area (TPSA) is 87.2 Å². The van der Waals surface area contributed by atoms with Crippen LogP contribution in [0.3, 0.4) is 0 Å². The Hall–Kier alpha value is -3.91. The smallest absolute Gasteiger partial charge is 0.265 e. The highest BCUT2D eigenvalue weighted by atomic mass is 16.5. The van der Waals surface area contributed by atoms with E-state index >= 15 is 0 Å². The van der Waals surface area contributed by atoms with Crippen LogP contribution in [0.2, 0.25) is 0 Å². The number of aryl methyl sites for hydroxylation is 2. The monoisotopic (exact) mass is 426 g/mol. The number of rotatable bonds is 5. The van der Waals surface area contributed by atoms with Crippen LogP contribution in [0.15, 0.2) is 58.4 Å². The number of nitrogens with zero attached hydrogens (tertiary/aromatic N) is 6. The molecule has 0 bridgehead atoms. The molecule has 0 saturated heterocycles. The van der Waals surface area contributed by atoms with Crippen molar-refractivity contribution >= 4 is 39.4 Å². The molecule has 0 saturated carbocycles. The Bertz CT molecular complexity index is 1560. The molecule has 0 radical (unpaired) electrons. The van der Waals surface area contributed by atoms with Gasteiger partial charge in [0, 0.05) is 7.11 Å². The van der Waals surface area contributed by atoms with Gasteiger partial charge in [0.05, 0.1) is 30.4 Å². The first kappa shape index (κ1) is 20.0. The second-order valence-electron chi connectivity index (χ2n) is 7.66. The van der Waals surface area contributed by atoms with E-state index in [0.717, 1.165) is 16.6 Å². The zero-order valence-corrected chi connectivity index (χ0v) is 18.1. The zero-order valence-electron chi connectivity index (χ0n) is 18.1. The summed E-state index contributed by atoms with van der Waals surface area (Å²) in [4.78, 5) is 27.7. The summed E-state index contributed by atoms with van der Waals surface area (Å²) >= 11 is 0. The quantitative estimate of drug-likeness (QED) is 0.402. The molecule has 0 aliphatic carbocycles. The molecule has 0 N–H and O–H groups in total. The normalized spacial score (nSPS) is 12.0. The SMILES string of the molecule is COCCn1c(C)nc2c(c1=O)c1nc3ccccc3nc1n2/N=C/c1cccc(C)c1. The van der Waals surface area contributed by atoms with Gasteiger partial charge in [-0.2, -0.15) is 9.78 Å². The minimum Gasteiger partial charge on any atom is -0.383 e. The highest BCUT2D eigenvalue weighted by Crippen LogP contribution is 2.25. The predicted molar refractivity (Wildman–Crippen MR) is 125 cm³/mol. The van der Waals surface area contributed by atoms with Crippen molar-refractivity contribution in [2.45, 2.75) is 20.4 Å². The fourth-order valence-corrected chi connectivity index (χ4v) is 3.84. The fraction of sp³-hybridized carbons (Fsp3) is 0.208. The predicted octanol–water partition coefficient (Wildman–Crippen LogP) is 3.44. The average Bonchev–Trinajstić information content (AvgIpc) is 3.08. The van der Waals surface area contributed by atoms with E-state index in [1.165, 1.54) is 0 Å². The van der Waals surface area contributed by atoms with Gasteiger partial charge in [-0.1, -0.05) is 42.0 Å². The second-order valence-corrected chi connectivity index (χ2v) is 7.66. The number of benzene rings is 2. The summed E-state index contributed by atoms with van der Waals surface area (Å²) in [6, 6.07) is 15.6. The van der Waals surface area contributed by atoms with Crippen molar-refractivity contribution in [3.8, 4) is 0 Å². The van der Waals surface area contributed by atoms with Crippen LogP contribution in [0.5, 0.6) is 0 Å². The van der Waals surface area contributed by atoms with Gasteiger partial charge in [-0.05, 0) is 31.5 Å². The number of ether oxygens (including phenoxy) is 1. The molecule has 0 aliphatic rings. The van der Waals surface area contributed by atoms with Crippen molar-refractivity contribution < 1.29 is 4.74 Å². The maximum Gasteiger partial charge on any atom is 0.265 e. The lowest BCUT2D eigenvalue weighted by Crippen LogP contribution is -2.25. The van der Waals surface area contributed by atoms with E-state index in [9.17, 15) is 4.79 Å². The van der Waals surface area contributed by atoms with Gasteiger partial charge in [0.25, 0.3) is 5.56 Å². The standard InChI is InChI=1S/C24H22N6O2/c1-15-7-6-8-17(13-15)14-25-30-22-20(24(31)29(11-12-32-3)16(2)26-22)21-23(30)28-19-10-5-4-9-18(19)27-21/h4-10,13-14H,11-12H2,1-3H3/b25-14+. The van der Waals surface area contributed by atoms with Crippen LogP contribution in [0.1, 0.15) is 17.0 Å². The molecule has 5 aromatic rings. The van der Waals surface area contributed by atoms with Crippen LogP contribution >= 0.6 is 0 Å². The third kappa shape index (κ3) is 3.34. The summed E-state index contributed by atoms with van der Waals surface area (Å²) in [7, 11) is 1.61. The van der Waals surface area contributed by atoms with Crippen LogP contribution in [0.25, 0.3) is 33.2 Å². The summed E-state index contributed by atoms with van der Waals surface area (Å²) in [6.07, 6.45) is 1.75. The number of hydrogen-bond acceptors (Lipinski definition) is 6. The van der Waals surface area contributed by atoms with Crippen molar-refractivity contribution in [1.29, 1.82) is 0 Å². The molecular formula is C24H22N6O2. The fourth-order valence-electron chi connectivity index (χ4n) is 3.84. The molecule has 0 unspecified atom stereocenters. The van der Waals surface area contributed by atoms with E-state index in [2.05, 4.69) is 5.10 Å². The van der Waals surface area contributed by atoms with Crippen molar-refractivity contribution in [3.63, 3.8) is 0 Å². The third-order valence-corrected chi connectivity index (χ3v) is 5.41. The largest absolute Gasteiger partial charge is 0.383 e. The minimum absolute atomic E-state index is 0.177. The van der Waals surface area contributed by atoms with Gasteiger partial charge in [-0.25, -0.2) is 15.0 Å². The number of methoxy groups -OCH3 is 1. The van der Waals surface area contributed by atoms with Gasteiger partial charge in [0.15, 0.2) is 11.3 Å². The van der Waals surface area contributed by atoms with Crippen LogP contribution in [0, 0.1) is 13.8 Å². The minimum atomic E-state index is -0.177. The maximum atomic E-state index is 13.5. The second kappa shape index (κ2) is 7.97. The Morgan fingerprint density at radius 1 is 1.00 bits per heavy atom. The maximum absolute atomic E-state index is 13.5. The number of fused-ring (bicyclic) bond motifs is 4. The van der Waals surface area contributed by atoms with Gasteiger partial charge in [-0.15, -0.1) is 0 Å². The number of hydrogen-bond donors (Lipinski definition) is 0. The zero-order chi connectivity index (χ0) is 22.2. The number of aromatic nitrogens is 5. The highest BCUT2D eigenvalue weighted by molar-refractivity contribution is 6.05. The van der Waals surface area contributed by atoms with E-state index in [1.54, 1.807) is 29.5 Å². The lowest BCUT2D eigenvalue weighted by molar-refractivity contribution is 0.185. The summed E-state index contributed by atoms with van der Waals surface area (Å²) in [5, 5.41) is 5.07. The van der Waals surface area contributed by atoms with Crippen LogP contribution in [-0.4, -0.2) is 44.1 Å². The molecule has 0 atom stereocenters. The first-order valence-corrected chi connectivity index (χ1v) is 10.3. The van der Waals surface area contributed by atoms with Crippen molar-refractivity contribution in [3.05, 3.63) is 75.8 Å². The molecule has 0 amide bonds. The van der Waals surface area contributed by atoms with E-state index < -0.39 is 0 Å². The molecule has 0 aliphatic heterocycles. The number of para-hydroxylation sites is 2. The summed E-state index contributed by atoms with van der Waals surface area (Å²) in [5.41, 5.74) is 4.77.